The predicted molar refractivity (Wildman–Crippen MR) is 134 cm³/mol. The van der Waals surface area contributed by atoms with Crippen molar-refractivity contribution in [3.05, 3.63) is 47.7 Å². The number of nitrogens with two attached hydrogens (primary N) is 1. The average molecular weight is 545 g/mol. The van der Waals surface area contributed by atoms with E-state index in [1.54, 1.807) is 39.9 Å². The predicted octanol–water partition coefficient (Wildman–Crippen LogP) is 3.72. The van der Waals surface area contributed by atoms with Gasteiger partial charge in [0, 0.05) is 31.2 Å². The van der Waals surface area contributed by atoms with Gasteiger partial charge in [-0.05, 0) is 44.1 Å². The van der Waals surface area contributed by atoms with Crippen molar-refractivity contribution in [2.45, 2.75) is 74.9 Å². The molecule has 0 unspecified atom stereocenters. The van der Waals surface area contributed by atoms with Crippen molar-refractivity contribution in [2.75, 3.05) is 18.4 Å². The lowest BCUT2D eigenvalue weighted by Gasteiger charge is -2.54. The number of hydrogen-bond donors (Lipinski definition) is 2. The minimum absolute atomic E-state index is 0.0664. The molecule has 0 atom stereocenters. The molecule has 39 heavy (non-hydrogen) atoms. The van der Waals surface area contributed by atoms with Crippen molar-refractivity contribution in [1.82, 2.24) is 14.7 Å². The first-order valence-corrected chi connectivity index (χ1v) is 13.1. The van der Waals surface area contributed by atoms with E-state index in [0.717, 1.165) is 12.8 Å². The Labute approximate surface area is 224 Å². The fourth-order valence-corrected chi connectivity index (χ4v) is 5.61. The second-order valence-corrected chi connectivity index (χ2v) is 10.9. The van der Waals surface area contributed by atoms with Crippen LogP contribution < -0.4 is 11.1 Å². The number of carbonyl (C=O) groups is 2. The number of nitrogens with zero attached hydrogens (tertiary/aromatic N) is 4. The highest BCUT2D eigenvalue weighted by atomic mass is 19.4. The number of carbonyl (C=O) groups excluding carboxylic acids is 2. The lowest BCUT2D eigenvalue weighted by molar-refractivity contribution is -0.327. The largest absolute Gasteiger partial charge is 0.419 e. The molecule has 1 saturated heterocycles. The standard InChI is InChI=1S/C27H31F3N6O3/c28-27(29,30)26(39-15-18-4-2-1-3-5-18)16-35(17-26)20-8-10-25(11-9-20,12-13-31)36-14-21(22(32)37)23(34-36)33-24(38)19-6-7-19/h1-5,14,19-20H,6-12,15-17H2,(H2,32,37)(H,33,34,38). The summed E-state index contributed by atoms with van der Waals surface area (Å²) in [4.78, 5) is 26.2. The molecule has 2 heterocycles. The Morgan fingerprint density at radius 3 is 2.38 bits per heavy atom. The van der Waals surface area contributed by atoms with E-state index < -0.39 is 23.2 Å². The number of nitriles is 1. The minimum Gasteiger partial charge on any atom is -0.365 e. The maximum atomic E-state index is 14.0. The van der Waals surface area contributed by atoms with Crippen LogP contribution in [0.15, 0.2) is 36.5 Å². The minimum atomic E-state index is -4.50. The smallest absolute Gasteiger partial charge is 0.365 e. The number of aromatic nitrogens is 2. The van der Waals surface area contributed by atoms with Gasteiger partial charge in [0.25, 0.3) is 5.91 Å². The first-order valence-electron chi connectivity index (χ1n) is 13.1. The summed E-state index contributed by atoms with van der Waals surface area (Å²) in [6.07, 6.45) is 0.666. The van der Waals surface area contributed by atoms with E-state index >= 15 is 0 Å². The van der Waals surface area contributed by atoms with Gasteiger partial charge in [0.15, 0.2) is 11.4 Å². The molecule has 208 valence electrons. The molecule has 1 aromatic carbocycles. The molecular weight excluding hydrogens is 513 g/mol. The highest BCUT2D eigenvalue weighted by Crippen LogP contribution is 2.46. The number of ether oxygens (including phenoxy) is 1. The zero-order valence-corrected chi connectivity index (χ0v) is 21.4. The normalized spacial score (nSPS) is 24.9. The van der Waals surface area contributed by atoms with Gasteiger partial charge >= 0.3 is 6.18 Å². The molecule has 2 aromatic rings. The van der Waals surface area contributed by atoms with Gasteiger partial charge in [-0.15, -0.1) is 0 Å². The van der Waals surface area contributed by atoms with Gasteiger partial charge in [-0.3, -0.25) is 19.2 Å². The van der Waals surface area contributed by atoms with Crippen molar-refractivity contribution < 1.29 is 27.5 Å². The van der Waals surface area contributed by atoms with Crippen LogP contribution in [0.2, 0.25) is 0 Å². The molecule has 3 aliphatic rings. The second kappa shape index (κ2) is 10.3. The van der Waals surface area contributed by atoms with E-state index in [4.69, 9.17) is 10.5 Å². The SMILES string of the molecule is N#CCC1(n2cc(C(N)=O)c(NC(=O)C3CC3)n2)CCC(N2CC(OCc3ccccc3)(C(F)(F)F)C2)CC1. The fraction of sp³-hybridized carbons (Fsp3) is 0.556. The third-order valence-corrected chi connectivity index (χ3v) is 8.26. The van der Waals surface area contributed by atoms with E-state index in [1.807, 2.05) is 0 Å². The van der Waals surface area contributed by atoms with Crippen LogP contribution in [0.5, 0.6) is 0 Å². The van der Waals surface area contributed by atoms with Gasteiger partial charge in [0.05, 0.1) is 24.6 Å². The maximum absolute atomic E-state index is 14.0. The van der Waals surface area contributed by atoms with Crippen molar-refractivity contribution in [1.29, 1.82) is 5.26 Å². The molecule has 2 saturated carbocycles. The molecule has 5 rings (SSSR count). The van der Waals surface area contributed by atoms with Crippen LogP contribution in [0, 0.1) is 17.2 Å². The number of hydrogen-bond acceptors (Lipinski definition) is 6. The van der Waals surface area contributed by atoms with Gasteiger partial charge in [0.1, 0.15) is 5.56 Å². The third-order valence-electron chi connectivity index (χ3n) is 8.26. The molecule has 3 N–H and O–H groups in total. The molecule has 2 aliphatic carbocycles. The molecule has 0 spiro atoms. The molecule has 12 heteroatoms. The van der Waals surface area contributed by atoms with Gasteiger partial charge < -0.3 is 15.8 Å². The topological polar surface area (TPSA) is 126 Å². The number of amides is 2. The first-order chi connectivity index (χ1) is 18.6. The Morgan fingerprint density at radius 2 is 1.82 bits per heavy atom. The number of likely N-dealkylation sites (tertiary alicyclic amines) is 1. The average Bonchev–Trinajstić information content (AvgIpc) is 3.64. The molecule has 0 radical (unpaired) electrons. The van der Waals surface area contributed by atoms with Crippen LogP contribution in [0.25, 0.3) is 0 Å². The Bertz CT molecular complexity index is 1250. The zero-order valence-electron chi connectivity index (χ0n) is 21.4. The van der Waals surface area contributed by atoms with Crippen molar-refractivity contribution in [3.8, 4) is 6.07 Å². The van der Waals surface area contributed by atoms with E-state index in [0.29, 0.717) is 31.2 Å². The van der Waals surface area contributed by atoms with Crippen molar-refractivity contribution in [3.63, 3.8) is 0 Å². The Hall–Kier alpha value is -3.43. The Morgan fingerprint density at radius 1 is 1.15 bits per heavy atom. The van der Waals surface area contributed by atoms with E-state index in [2.05, 4.69) is 16.5 Å². The van der Waals surface area contributed by atoms with E-state index in [9.17, 15) is 28.0 Å². The van der Waals surface area contributed by atoms with Crippen LogP contribution in [0.1, 0.15) is 60.9 Å². The lowest BCUT2D eigenvalue weighted by Crippen LogP contribution is -2.72. The number of benzene rings is 1. The quantitative estimate of drug-likeness (QED) is 0.496. The number of nitrogens with one attached hydrogen (secondary N) is 1. The number of primary amides is 1. The molecule has 0 bridgehead atoms. The van der Waals surface area contributed by atoms with E-state index in [1.165, 1.54) is 6.20 Å². The third kappa shape index (κ3) is 5.38. The van der Waals surface area contributed by atoms with Crippen molar-refractivity contribution in [2.24, 2.45) is 11.7 Å². The first kappa shape index (κ1) is 27.1. The van der Waals surface area contributed by atoms with Crippen LogP contribution >= 0.6 is 0 Å². The lowest BCUT2D eigenvalue weighted by atomic mass is 9.75. The Balaban J connectivity index is 1.26. The van der Waals surface area contributed by atoms with E-state index in [-0.39, 0.29) is 55.4 Å². The summed E-state index contributed by atoms with van der Waals surface area (Å²) >= 11 is 0. The highest BCUT2D eigenvalue weighted by molar-refractivity contribution is 6.02. The summed E-state index contributed by atoms with van der Waals surface area (Å²) in [6, 6.07) is 10.9. The number of anilines is 1. The molecular formula is C27H31F3N6O3. The van der Waals surface area contributed by atoms with Crippen LogP contribution in [-0.4, -0.2) is 57.4 Å². The summed E-state index contributed by atoms with van der Waals surface area (Å²) < 4.78 is 49.1. The highest BCUT2D eigenvalue weighted by Gasteiger charge is 2.64. The monoisotopic (exact) mass is 544 g/mol. The Kier molecular flexibility index (Phi) is 7.15. The number of rotatable bonds is 9. The fourth-order valence-electron chi connectivity index (χ4n) is 5.61. The van der Waals surface area contributed by atoms with Crippen LogP contribution in [0.4, 0.5) is 19.0 Å². The second-order valence-electron chi connectivity index (χ2n) is 10.9. The molecule has 1 aliphatic heterocycles. The molecule has 1 aromatic heterocycles. The summed E-state index contributed by atoms with van der Waals surface area (Å²) in [5.74, 6) is -0.988. The van der Waals surface area contributed by atoms with Gasteiger partial charge in [-0.25, -0.2) is 0 Å². The van der Waals surface area contributed by atoms with Crippen LogP contribution in [0.3, 0.4) is 0 Å². The summed E-state index contributed by atoms with van der Waals surface area (Å²) in [7, 11) is 0. The summed E-state index contributed by atoms with van der Waals surface area (Å²) in [5.41, 5.74) is 3.31. The van der Waals surface area contributed by atoms with Gasteiger partial charge in [-0.2, -0.15) is 23.5 Å². The molecule has 2 amide bonds. The number of alkyl halides is 3. The van der Waals surface area contributed by atoms with Gasteiger partial charge in [-0.1, -0.05) is 30.3 Å². The van der Waals surface area contributed by atoms with Crippen LogP contribution in [-0.2, 0) is 21.7 Å². The summed E-state index contributed by atoms with van der Waals surface area (Å²) in [5, 5.41) is 16.7. The molecule has 9 nitrogen and oxygen atoms in total. The number of halogens is 3. The van der Waals surface area contributed by atoms with Gasteiger partial charge in [0.2, 0.25) is 5.91 Å². The molecule has 3 fully saturated rings. The maximum Gasteiger partial charge on any atom is 0.419 e. The van der Waals surface area contributed by atoms with Crippen molar-refractivity contribution >= 4 is 17.6 Å². The zero-order chi connectivity index (χ0) is 27.8. The summed E-state index contributed by atoms with van der Waals surface area (Å²) in [6.45, 7) is -0.611.